The number of carbonyl (C=O) groups excluding carboxylic acids is 1. The van der Waals surface area contributed by atoms with Crippen molar-refractivity contribution in [3.05, 3.63) is 11.8 Å². The summed E-state index contributed by atoms with van der Waals surface area (Å²) in [5, 5.41) is 5.83. The first-order valence-electron chi connectivity index (χ1n) is 5.56. The van der Waals surface area contributed by atoms with Gasteiger partial charge in [0.1, 0.15) is 11.9 Å². The van der Waals surface area contributed by atoms with E-state index in [-0.39, 0.29) is 23.9 Å². The highest BCUT2D eigenvalue weighted by atomic mass is 16.2. The van der Waals surface area contributed by atoms with Gasteiger partial charge in [0.05, 0.1) is 0 Å². The Morgan fingerprint density at radius 1 is 1.41 bits per heavy atom. The summed E-state index contributed by atoms with van der Waals surface area (Å²) in [4.78, 5) is 19.6. The van der Waals surface area contributed by atoms with Crippen LogP contribution in [0.15, 0.2) is 6.20 Å². The monoisotopic (exact) mass is 237 g/mol. The maximum absolute atomic E-state index is 11.7. The standard InChI is InChI=1S/C11H19N5O/c1-6(2)14-10(17)8(4)15-9-7(3)5-13-11(12)16-9/h5-6,8H,1-4H3,(H,14,17)(H3,12,13,15,16). The number of carbonyl (C=O) groups is 1. The molecule has 1 heterocycles. The summed E-state index contributed by atoms with van der Waals surface area (Å²) in [6, 6.07) is -0.256. The van der Waals surface area contributed by atoms with Crippen LogP contribution in [-0.2, 0) is 4.79 Å². The first-order chi connectivity index (χ1) is 7.90. The van der Waals surface area contributed by atoms with Crippen molar-refractivity contribution in [2.45, 2.75) is 39.8 Å². The molecule has 6 heteroatoms. The number of nitrogens with two attached hydrogens (primary N) is 1. The molecule has 1 atom stereocenters. The van der Waals surface area contributed by atoms with Crippen LogP contribution in [0, 0.1) is 6.92 Å². The van der Waals surface area contributed by atoms with E-state index in [1.807, 2.05) is 20.8 Å². The van der Waals surface area contributed by atoms with Crippen LogP contribution in [0.3, 0.4) is 0 Å². The Labute approximate surface area is 101 Å². The van der Waals surface area contributed by atoms with Crippen molar-refractivity contribution < 1.29 is 4.79 Å². The topological polar surface area (TPSA) is 92.9 Å². The van der Waals surface area contributed by atoms with Gasteiger partial charge in [-0.3, -0.25) is 4.79 Å². The van der Waals surface area contributed by atoms with E-state index < -0.39 is 0 Å². The highest BCUT2D eigenvalue weighted by Crippen LogP contribution is 2.12. The van der Waals surface area contributed by atoms with E-state index in [9.17, 15) is 4.79 Å². The van der Waals surface area contributed by atoms with Crippen LogP contribution >= 0.6 is 0 Å². The predicted molar refractivity (Wildman–Crippen MR) is 67.5 cm³/mol. The molecule has 1 amide bonds. The maximum atomic E-state index is 11.7. The fraction of sp³-hybridized carbons (Fsp3) is 0.545. The second kappa shape index (κ2) is 5.47. The molecule has 0 saturated heterocycles. The van der Waals surface area contributed by atoms with Crippen molar-refractivity contribution >= 4 is 17.7 Å². The van der Waals surface area contributed by atoms with Gasteiger partial charge < -0.3 is 16.4 Å². The van der Waals surface area contributed by atoms with Crippen molar-refractivity contribution in [3.8, 4) is 0 Å². The second-order valence-corrected chi connectivity index (χ2v) is 4.29. The van der Waals surface area contributed by atoms with Crippen molar-refractivity contribution in [1.82, 2.24) is 15.3 Å². The largest absolute Gasteiger partial charge is 0.368 e. The van der Waals surface area contributed by atoms with Gasteiger partial charge in [-0.25, -0.2) is 4.98 Å². The summed E-state index contributed by atoms with van der Waals surface area (Å²) >= 11 is 0. The second-order valence-electron chi connectivity index (χ2n) is 4.29. The van der Waals surface area contributed by atoms with Crippen LogP contribution < -0.4 is 16.4 Å². The van der Waals surface area contributed by atoms with E-state index in [1.165, 1.54) is 0 Å². The van der Waals surface area contributed by atoms with Crippen LogP contribution in [0.2, 0.25) is 0 Å². The smallest absolute Gasteiger partial charge is 0.242 e. The number of amides is 1. The van der Waals surface area contributed by atoms with E-state index >= 15 is 0 Å². The molecule has 0 fully saturated rings. The van der Waals surface area contributed by atoms with Crippen LogP contribution in [-0.4, -0.2) is 28.0 Å². The van der Waals surface area contributed by atoms with Crippen LogP contribution in [0.4, 0.5) is 11.8 Å². The fourth-order valence-electron chi connectivity index (χ4n) is 1.28. The molecule has 94 valence electrons. The molecule has 17 heavy (non-hydrogen) atoms. The Hall–Kier alpha value is -1.85. The normalized spacial score (nSPS) is 12.3. The van der Waals surface area contributed by atoms with Gasteiger partial charge in [-0.1, -0.05) is 0 Å². The number of nitrogens with one attached hydrogen (secondary N) is 2. The molecule has 1 aromatic rings. The number of hydrogen-bond donors (Lipinski definition) is 3. The molecular formula is C11H19N5O. The average molecular weight is 237 g/mol. The minimum absolute atomic E-state index is 0.0726. The van der Waals surface area contributed by atoms with Gasteiger partial charge in [-0.05, 0) is 27.7 Å². The van der Waals surface area contributed by atoms with Crippen molar-refractivity contribution in [3.63, 3.8) is 0 Å². The molecule has 1 rings (SSSR count). The quantitative estimate of drug-likeness (QED) is 0.716. The van der Waals surface area contributed by atoms with Crippen molar-refractivity contribution in [2.24, 2.45) is 0 Å². The van der Waals surface area contributed by atoms with Gasteiger partial charge in [0.25, 0.3) is 0 Å². The van der Waals surface area contributed by atoms with E-state index in [1.54, 1.807) is 13.1 Å². The van der Waals surface area contributed by atoms with E-state index in [4.69, 9.17) is 5.73 Å². The Balaban J connectivity index is 2.70. The number of aryl methyl sites for hydroxylation is 1. The Morgan fingerprint density at radius 3 is 2.65 bits per heavy atom. The maximum Gasteiger partial charge on any atom is 0.242 e. The van der Waals surface area contributed by atoms with Gasteiger partial charge in [-0.2, -0.15) is 4.98 Å². The lowest BCUT2D eigenvalue weighted by molar-refractivity contribution is -0.122. The van der Waals surface area contributed by atoms with Crippen LogP contribution in [0.1, 0.15) is 26.3 Å². The van der Waals surface area contributed by atoms with Crippen LogP contribution in [0.25, 0.3) is 0 Å². The first kappa shape index (κ1) is 13.2. The van der Waals surface area contributed by atoms with Crippen LogP contribution in [0.5, 0.6) is 0 Å². The first-order valence-corrected chi connectivity index (χ1v) is 5.56. The number of nitrogen functional groups attached to an aromatic ring is 1. The lowest BCUT2D eigenvalue weighted by atomic mass is 10.2. The van der Waals surface area contributed by atoms with Crippen molar-refractivity contribution in [1.29, 1.82) is 0 Å². The van der Waals surface area contributed by atoms with E-state index in [0.717, 1.165) is 5.56 Å². The van der Waals surface area contributed by atoms with Gasteiger partial charge in [-0.15, -0.1) is 0 Å². The molecule has 0 saturated carbocycles. The summed E-state index contributed by atoms with van der Waals surface area (Å²) in [6.45, 7) is 7.46. The molecule has 1 unspecified atom stereocenters. The Morgan fingerprint density at radius 2 is 2.06 bits per heavy atom. The molecule has 0 bridgehead atoms. The molecule has 6 nitrogen and oxygen atoms in total. The lowest BCUT2D eigenvalue weighted by Crippen LogP contribution is -2.41. The minimum Gasteiger partial charge on any atom is -0.368 e. The third kappa shape index (κ3) is 3.90. The molecule has 0 radical (unpaired) electrons. The van der Waals surface area contributed by atoms with Gasteiger partial charge in [0.15, 0.2) is 0 Å². The molecular weight excluding hydrogens is 218 g/mol. The molecule has 4 N–H and O–H groups in total. The molecule has 0 aliphatic heterocycles. The molecule has 0 aliphatic carbocycles. The molecule has 0 aromatic carbocycles. The van der Waals surface area contributed by atoms with E-state index in [2.05, 4.69) is 20.6 Å². The molecule has 0 aliphatic rings. The number of nitrogens with zero attached hydrogens (tertiary/aromatic N) is 2. The van der Waals surface area contributed by atoms with Gasteiger partial charge in [0, 0.05) is 17.8 Å². The summed E-state index contributed by atoms with van der Waals surface area (Å²) in [5.41, 5.74) is 6.35. The highest BCUT2D eigenvalue weighted by Gasteiger charge is 2.15. The highest BCUT2D eigenvalue weighted by molar-refractivity contribution is 5.84. The van der Waals surface area contributed by atoms with Gasteiger partial charge >= 0.3 is 0 Å². The Bertz CT molecular complexity index is 405. The molecule has 1 aromatic heterocycles. The van der Waals surface area contributed by atoms with Crippen molar-refractivity contribution in [2.75, 3.05) is 11.1 Å². The number of anilines is 2. The SMILES string of the molecule is Cc1cnc(N)nc1NC(C)C(=O)NC(C)C. The average Bonchev–Trinajstić information content (AvgIpc) is 2.22. The zero-order valence-electron chi connectivity index (χ0n) is 10.6. The van der Waals surface area contributed by atoms with Gasteiger partial charge in [0.2, 0.25) is 11.9 Å². The zero-order valence-corrected chi connectivity index (χ0v) is 10.6. The third-order valence-electron chi connectivity index (χ3n) is 2.17. The zero-order chi connectivity index (χ0) is 13.0. The summed E-state index contributed by atoms with van der Waals surface area (Å²) < 4.78 is 0. The summed E-state index contributed by atoms with van der Waals surface area (Å²) in [5.74, 6) is 0.704. The fourth-order valence-corrected chi connectivity index (χ4v) is 1.28. The number of rotatable bonds is 4. The summed E-state index contributed by atoms with van der Waals surface area (Å²) in [7, 11) is 0. The summed E-state index contributed by atoms with van der Waals surface area (Å²) in [6.07, 6.45) is 1.62. The predicted octanol–water partition coefficient (Wildman–Crippen LogP) is 0.692. The number of hydrogen-bond acceptors (Lipinski definition) is 5. The molecule has 0 spiro atoms. The van der Waals surface area contributed by atoms with E-state index in [0.29, 0.717) is 5.82 Å². The third-order valence-corrected chi connectivity index (χ3v) is 2.17. The number of aromatic nitrogens is 2. The Kier molecular flexibility index (Phi) is 4.25. The lowest BCUT2D eigenvalue weighted by Gasteiger charge is -2.17. The minimum atomic E-state index is -0.370.